The summed E-state index contributed by atoms with van der Waals surface area (Å²) in [6, 6.07) is 1.27. The number of hydrogen-bond donors (Lipinski definition) is 2. The van der Waals surface area contributed by atoms with Gasteiger partial charge in [-0.3, -0.25) is 14.9 Å². The molecule has 2 rings (SSSR count). The predicted molar refractivity (Wildman–Crippen MR) is 60.1 cm³/mol. The third kappa shape index (κ3) is 1.90. The summed E-state index contributed by atoms with van der Waals surface area (Å²) in [6.07, 6.45) is 2.93. The molecule has 0 aromatic carbocycles. The van der Waals surface area contributed by atoms with E-state index in [1.54, 1.807) is 6.07 Å². The number of rotatable bonds is 3. The second kappa shape index (κ2) is 4.64. The predicted octanol–water partition coefficient (Wildman–Crippen LogP) is -0.509. The fourth-order valence-corrected chi connectivity index (χ4v) is 2.62. The summed E-state index contributed by atoms with van der Waals surface area (Å²) in [4.78, 5) is 36.4. The number of nitrogens with one attached hydrogen (secondary N) is 2. The van der Waals surface area contributed by atoms with Crippen molar-refractivity contribution in [2.45, 2.75) is 31.2 Å². The number of amides is 4. The molecule has 96 valence electrons. The first-order valence-electron chi connectivity index (χ1n) is 5.87. The summed E-state index contributed by atoms with van der Waals surface area (Å²) < 4.78 is 0. The lowest BCUT2D eigenvalue weighted by atomic mass is 9.96. The maximum absolute atomic E-state index is 11.9. The molecule has 0 atom stereocenters. The molecule has 1 spiro atoms. The van der Waals surface area contributed by atoms with Gasteiger partial charge in [-0.2, -0.15) is 5.26 Å². The first kappa shape index (κ1) is 12.4. The Morgan fingerprint density at radius 1 is 1.44 bits per heavy atom. The standard InChI is InChI=1S/C11H14N4O3/c12-5-6-13-8(16)7-15-10(18)14-9(17)11(15)3-1-2-4-11/h1-4,6-7H2,(H,13,16)(H,14,17,18). The van der Waals surface area contributed by atoms with Gasteiger partial charge in [-0.05, 0) is 12.8 Å². The Morgan fingerprint density at radius 2 is 2.11 bits per heavy atom. The van der Waals surface area contributed by atoms with Crippen molar-refractivity contribution >= 4 is 17.8 Å². The third-order valence-corrected chi connectivity index (χ3v) is 3.50. The Balaban J connectivity index is 2.10. The molecule has 0 unspecified atom stereocenters. The average Bonchev–Trinajstić information content (AvgIpc) is 2.90. The van der Waals surface area contributed by atoms with Gasteiger partial charge in [-0.1, -0.05) is 12.8 Å². The van der Waals surface area contributed by atoms with Crippen molar-refractivity contribution < 1.29 is 14.4 Å². The van der Waals surface area contributed by atoms with Gasteiger partial charge in [-0.25, -0.2) is 4.79 Å². The first-order valence-corrected chi connectivity index (χ1v) is 5.87. The summed E-state index contributed by atoms with van der Waals surface area (Å²) in [5, 5.41) is 13.0. The Labute approximate surface area is 104 Å². The van der Waals surface area contributed by atoms with E-state index in [1.165, 1.54) is 4.90 Å². The molecule has 4 amide bonds. The molecule has 7 nitrogen and oxygen atoms in total. The van der Waals surface area contributed by atoms with Gasteiger partial charge in [0.1, 0.15) is 18.6 Å². The van der Waals surface area contributed by atoms with Crippen LogP contribution in [-0.2, 0) is 9.59 Å². The van der Waals surface area contributed by atoms with Crippen molar-refractivity contribution in [2.75, 3.05) is 13.1 Å². The lowest BCUT2D eigenvalue weighted by Crippen LogP contribution is -2.51. The van der Waals surface area contributed by atoms with Crippen LogP contribution in [-0.4, -0.2) is 41.4 Å². The van der Waals surface area contributed by atoms with Crippen LogP contribution in [0.5, 0.6) is 0 Å². The number of nitrogens with zero attached hydrogens (tertiary/aromatic N) is 2. The smallest absolute Gasteiger partial charge is 0.325 e. The van der Waals surface area contributed by atoms with Crippen molar-refractivity contribution in [1.29, 1.82) is 5.26 Å². The molecular weight excluding hydrogens is 236 g/mol. The highest BCUT2D eigenvalue weighted by atomic mass is 16.2. The monoisotopic (exact) mass is 250 g/mol. The Kier molecular flexibility index (Phi) is 3.19. The van der Waals surface area contributed by atoms with E-state index < -0.39 is 17.5 Å². The van der Waals surface area contributed by atoms with E-state index in [-0.39, 0.29) is 19.0 Å². The first-order chi connectivity index (χ1) is 8.60. The zero-order valence-electron chi connectivity index (χ0n) is 9.86. The van der Waals surface area contributed by atoms with Crippen LogP contribution in [0, 0.1) is 11.3 Å². The van der Waals surface area contributed by atoms with Gasteiger partial charge in [0.2, 0.25) is 5.91 Å². The molecule has 2 aliphatic rings. The van der Waals surface area contributed by atoms with Gasteiger partial charge in [0.15, 0.2) is 0 Å². The van der Waals surface area contributed by atoms with Crippen molar-refractivity contribution in [1.82, 2.24) is 15.5 Å². The number of imide groups is 1. The van der Waals surface area contributed by atoms with Crippen LogP contribution in [0.4, 0.5) is 4.79 Å². The van der Waals surface area contributed by atoms with E-state index >= 15 is 0 Å². The minimum absolute atomic E-state index is 0.102. The summed E-state index contributed by atoms with van der Waals surface area (Å²) in [5.41, 5.74) is -0.846. The van der Waals surface area contributed by atoms with E-state index in [9.17, 15) is 14.4 Å². The molecule has 1 aliphatic carbocycles. The lowest BCUT2D eigenvalue weighted by Gasteiger charge is -2.30. The van der Waals surface area contributed by atoms with Gasteiger partial charge in [0.25, 0.3) is 5.91 Å². The van der Waals surface area contributed by atoms with Crippen LogP contribution < -0.4 is 10.6 Å². The summed E-state index contributed by atoms with van der Waals surface area (Å²) >= 11 is 0. The molecule has 1 saturated heterocycles. The van der Waals surface area contributed by atoms with Crippen LogP contribution in [0.2, 0.25) is 0 Å². The maximum atomic E-state index is 11.9. The van der Waals surface area contributed by atoms with E-state index in [2.05, 4.69) is 10.6 Å². The van der Waals surface area contributed by atoms with Crippen molar-refractivity contribution in [3.8, 4) is 6.07 Å². The second-order valence-electron chi connectivity index (χ2n) is 4.52. The zero-order valence-corrected chi connectivity index (χ0v) is 9.86. The molecule has 1 saturated carbocycles. The number of nitriles is 1. The van der Waals surface area contributed by atoms with E-state index in [1.807, 2.05) is 0 Å². The van der Waals surface area contributed by atoms with Crippen molar-refractivity contribution in [3.05, 3.63) is 0 Å². The molecule has 0 aromatic rings. The molecule has 1 aliphatic heterocycles. The molecule has 7 heteroatoms. The third-order valence-electron chi connectivity index (χ3n) is 3.50. The highest BCUT2D eigenvalue weighted by Crippen LogP contribution is 2.38. The quantitative estimate of drug-likeness (QED) is 0.520. The molecule has 0 bridgehead atoms. The minimum Gasteiger partial charge on any atom is -0.341 e. The van der Waals surface area contributed by atoms with Crippen LogP contribution in [0.15, 0.2) is 0 Å². The fraction of sp³-hybridized carbons (Fsp3) is 0.636. The van der Waals surface area contributed by atoms with Gasteiger partial charge in [0, 0.05) is 0 Å². The van der Waals surface area contributed by atoms with Crippen LogP contribution in [0.1, 0.15) is 25.7 Å². The summed E-state index contributed by atoms with van der Waals surface area (Å²) in [5.74, 6) is -0.731. The van der Waals surface area contributed by atoms with E-state index in [0.717, 1.165) is 12.8 Å². The molecular formula is C11H14N4O3. The maximum Gasteiger partial charge on any atom is 0.325 e. The highest BCUT2D eigenvalue weighted by Gasteiger charge is 2.54. The van der Waals surface area contributed by atoms with Gasteiger partial charge < -0.3 is 10.2 Å². The lowest BCUT2D eigenvalue weighted by molar-refractivity contribution is -0.128. The van der Waals surface area contributed by atoms with Crippen molar-refractivity contribution in [3.63, 3.8) is 0 Å². The molecule has 2 N–H and O–H groups in total. The largest absolute Gasteiger partial charge is 0.341 e. The van der Waals surface area contributed by atoms with Crippen LogP contribution in [0.25, 0.3) is 0 Å². The SMILES string of the molecule is N#CCNC(=O)CN1C(=O)NC(=O)C12CCCC2. The summed E-state index contributed by atoms with van der Waals surface area (Å²) in [7, 11) is 0. The van der Waals surface area contributed by atoms with Gasteiger partial charge >= 0.3 is 6.03 Å². The van der Waals surface area contributed by atoms with Crippen molar-refractivity contribution in [2.24, 2.45) is 0 Å². The Bertz CT molecular complexity index is 434. The average molecular weight is 250 g/mol. The van der Waals surface area contributed by atoms with Gasteiger partial charge in [-0.15, -0.1) is 0 Å². The Morgan fingerprint density at radius 3 is 2.72 bits per heavy atom. The van der Waals surface area contributed by atoms with E-state index in [4.69, 9.17) is 5.26 Å². The Hall–Kier alpha value is -2.10. The topological polar surface area (TPSA) is 102 Å². The number of carbonyl (C=O) groups excluding carboxylic acids is 3. The number of carbonyl (C=O) groups is 3. The molecule has 1 heterocycles. The highest BCUT2D eigenvalue weighted by molar-refractivity contribution is 6.08. The fourth-order valence-electron chi connectivity index (χ4n) is 2.62. The minimum atomic E-state index is -0.846. The van der Waals surface area contributed by atoms with E-state index in [0.29, 0.717) is 12.8 Å². The number of urea groups is 1. The summed E-state index contributed by atoms with van der Waals surface area (Å²) in [6.45, 7) is -0.283. The number of hydrogen-bond acceptors (Lipinski definition) is 4. The van der Waals surface area contributed by atoms with Crippen LogP contribution >= 0.6 is 0 Å². The molecule has 2 fully saturated rings. The van der Waals surface area contributed by atoms with Crippen LogP contribution in [0.3, 0.4) is 0 Å². The zero-order chi connectivity index (χ0) is 13.2. The van der Waals surface area contributed by atoms with Gasteiger partial charge in [0.05, 0.1) is 6.07 Å². The second-order valence-corrected chi connectivity index (χ2v) is 4.52. The molecule has 18 heavy (non-hydrogen) atoms. The molecule has 0 aromatic heterocycles. The molecule has 0 radical (unpaired) electrons. The normalized spacial score (nSPS) is 20.9.